The van der Waals surface area contributed by atoms with Crippen LogP contribution in [0.1, 0.15) is 18.9 Å². The summed E-state index contributed by atoms with van der Waals surface area (Å²) in [6, 6.07) is 18.3. The fourth-order valence-corrected chi connectivity index (χ4v) is 5.46. The zero-order chi connectivity index (χ0) is 28.4. The summed E-state index contributed by atoms with van der Waals surface area (Å²) in [5.41, 5.74) is 3.06. The lowest BCUT2D eigenvalue weighted by Gasteiger charge is -2.18. The fourth-order valence-electron chi connectivity index (χ4n) is 4.49. The van der Waals surface area contributed by atoms with E-state index in [2.05, 4.69) is 5.32 Å². The van der Waals surface area contributed by atoms with Crippen molar-refractivity contribution in [1.82, 2.24) is 9.88 Å². The van der Waals surface area contributed by atoms with E-state index in [1.54, 1.807) is 49.4 Å². The maximum atomic E-state index is 13.6. The Morgan fingerprint density at radius 3 is 2.42 bits per heavy atom. The molecule has 1 fully saturated rings. The van der Waals surface area contributed by atoms with Gasteiger partial charge in [-0.3, -0.25) is 19.7 Å². The van der Waals surface area contributed by atoms with E-state index in [0.717, 1.165) is 17.3 Å². The number of benzene rings is 3. The average Bonchev–Trinajstić information content (AvgIpc) is 3.29. The quantitative estimate of drug-likeness (QED) is 0.188. The SMILES string of the molecule is C/C(=C1\SC(=O)NC1=O)c1ccc(OCCCOc2c(-c3ccc(F)cc3)n(C)c3ccccc3c2=O)c(Cl)c1. The predicted molar refractivity (Wildman–Crippen MR) is 155 cm³/mol. The molecule has 7 nitrogen and oxygen atoms in total. The molecule has 1 aliphatic heterocycles. The highest BCUT2D eigenvalue weighted by Crippen LogP contribution is 2.35. The molecular formula is C30H24ClFN2O5S. The highest BCUT2D eigenvalue weighted by atomic mass is 35.5. The summed E-state index contributed by atoms with van der Waals surface area (Å²) in [7, 11) is 1.84. The standard InChI is InChI=1S/C30H24ClFN2O5S/c1-17(28-29(36)33-30(37)40-28)19-10-13-24(22(31)16-19)38-14-5-15-39-27-25(18-8-11-20(32)12-9-18)34(2)23-7-4-3-6-21(23)26(27)35/h3-4,6-13,16H,5,14-15H2,1-2H3,(H,33,36,37)/b28-17+. The van der Waals surface area contributed by atoms with Crippen molar-refractivity contribution in [3.8, 4) is 22.8 Å². The van der Waals surface area contributed by atoms with Crippen molar-refractivity contribution in [3.05, 3.63) is 98.3 Å². The second kappa shape index (κ2) is 11.6. The van der Waals surface area contributed by atoms with Gasteiger partial charge in [0.05, 0.1) is 34.4 Å². The van der Waals surface area contributed by atoms with Gasteiger partial charge in [-0.05, 0) is 78.4 Å². The van der Waals surface area contributed by atoms with Gasteiger partial charge in [-0.25, -0.2) is 4.39 Å². The Kier molecular flexibility index (Phi) is 7.95. The molecule has 1 N–H and O–H groups in total. The van der Waals surface area contributed by atoms with Gasteiger partial charge in [0, 0.05) is 24.4 Å². The third-order valence-electron chi connectivity index (χ3n) is 6.50. The van der Waals surface area contributed by atoms with Crippen molar-refractivity contribution in [1.29, 1.82) is 0 Å². The van der Waals surface area contributed by atoms with Gasteiger partial charge in [0.2, 0.25) is 5.43 Å². The van der Waals surface area contributed by atoms with E-state index in [1.807, 2.05) is 23.7 Å². The lowest BCUT2D eigenvalue weighted by atomic mass is 10.1. The number of aryl methyl sites for hydroxylation is 1. The van der Waals surface area contributed by atoms with Gasteiger partial charge in [-0.2, -0.15) is 0 Å². The fraction of sp³-hybridized carbons (Fsp3) is 0.167. The van der Waals surface area contributed by atoms with Crippen molar-refractivity contribution in [2.24, 2.45) is 7.05 Å². The van der Waals surface area contributed by atoms with Crippen molar-refractivity contribution >= 4 is 51.0 Å². The van der Waals surface area contributed by atoms with E-state index in [4.69, 9.17) is 21.1 Å². The molecule has 0 radical (unpaired) electrons. The van der Waals surface area contributed by atoms with Gasteiger partial charge in [-0.1, -0.05) is 29.8 Å². The highest BCUT2D eigenvalue weighted by Gasteiger charge is 2.27. The third kappa shape index (κ3) is 5.48. The van der Waals surface area contributed by atoms with E-state index in [-0.39, 0.29) is 30.2 Å². The number of pyridine rings is 1. The van der Waals surface area contributed by atoms with E-state index in [1.165, 1.54) is 12.1 Å². The summed E-state index contributed by atoms with van der Waals surface area (Å²) in [4.78, 5) is 37.2. The summed E-state index contributed by atoms with van der Waals surface area (Å²) >= 11 is 7.28. The number of fused-ring (bicyclic) bond motifs is 1. The number of para-hydroxylation sites is 1. The number of hydrogen-bond acceptors (Lipinski definition) is 6. The Morgan fingerprint density at radius 2 is 1.73 bits per heavy atom. The van der Waals surface area contributed by atoms with E-state index in [0.29, 0.717) is 49.9 Å². The number of ether oxygens (including phenoxy) is 2. The number of halogens is 2. The van der Waals surface area contributed by atoms with Gasteiger partial charge in [0.25, 0.3) is 11.1 Å². The topological polar surface area (TPSA) is 86.6 Å². The number of carbonyl (C=O) groups excluding carboxylic acids is 2. The molecular weight excluding hydrogens is 555 g/mol. The second-order valence-corrected chi connectivity index (χ2v) is 10.5. The molecule has 0 unspecified atom stereocenters. The maximum Gasteiger partial charge on any atom is 0.290 e. The predicted octanol–water partition coefficient (Wildman–Crippen LogP) is 6.56. The lowest BCUT2D eigenvalue weighted by molar-refractivity contribution is -0.115. The van der Waals surface area contributed by atoms with Crippen LogP contribution in [-0.2, 0) is 11.8 Å². The molecule has 1 aliphatic rings. The molecule has 5 rings (SSSR count). The molecule has 0 spiro atoms. The average molecular weight is 579 g/mol. The van der Waals surface area contributed by atoms with Crippen LogP contribution in [0.5, 0.6) is 11.5 Å². The minimum Gasteiger partial charge on any atom is -0.492 e. The first kappa shape index (κ1) is 27.5. The Bertz CT molecular complexity index is 1730. The minimum absolute atomic E-state index is 0.186. The second-order valence-electron chi connectivity index (χ2n) is 9.08. The molecule has 204 valence electrons. The number of nitrogens with zero attached hydrogens (tertiary/aromatic N) is 1. The zero-order valence-electron chi connectivity index (χ0n) is 21.6. The first-order valence-electron chi connectivity index (χ1n) is 12.4. The molecule has 0 bridgehead atoms. The minimum atomic E-state index is -0.423. The third-order valence-corrected chi connectivity index (χ3v) is 7.78. The number of thioether (sulfide) groups is 1. The monoisotopic (exact) mass is 578 g/mol. The van der Waals surface area contributed by atoms with Crippen LogP contribution in [-0.4, -0.2) is 28.9 Å². The normalized spacial score (nSPS) is 14.4. The number of rotatable bonds is 8. The van der Waals surface area contributed by atoms with Crippen LogP contribution in [0.25, 0.3) is 27.7 Å². The summed E-state index contributed by atoms with van der Waals surface area (Å²) < 4.78 is 27.3. The van der Waals surface area contributed by atoms with E-state index >= 15 is 0 Å². The molecule has 2 amide bonds. The van der Waals surface area contributed by atoms with Crippen molar-refractivity contribution in [2.45, 2.75) is 13.3 Å². The molecule has 10 heteroatoms. The summed E-state index contributed by atoms with van der Waals surface area (Å²) in [6.45, 7) is 2.22. The van der Waals surface area contributed by atoms with Crippen molar-refractivity contribution in [3.63, 3.8) is 0 Å². The molecule has 4 aromatic rings. The molecule has 0 atom stereocenters. The first-order valence-corrected chi connectivity index (χ1v) is 13.6. The van der Waals surface area contributed by atoms with E-state index in [9.17, 15) is 18.8 Å². The largest absolute Gasteiger partial charge is 0.492 e. The molecule has 3 aromatic carbocycles. The Morgan fingerprint density at radius 1 is 1.00 bits per heavy atom. The van der Waals surface area contributed by atoms with Gasteiger partial charge >= 0.3 is 0 Å². The number of nitrogens with one attached hydrogen (secondary N) is 1. The van der Waals surface area contributed by atoms with Crippen LogP contribution >= 0.6 is 23.4 Å². The van der Waals surface area contributed by atoms with Crippen LogP contribution < -0.4 is 20.2 Å². The Hall–Kier alpha value is -4.08. The van der Waals surface area contributed by atoms with E-state index < -0.39 is 11.1 Å². The number of allylic oxidation sites excluding steroid dienone is 1. The number of amides is 2. The van der Waals surface area contributed by atoms with Crippen LogP contribution in [0.4, 0.5) is 9.18 Å². The maximum absolute atomic E-state index is 13.6. The summed E-state index contributed by atoms with van der Waals surface area (Å²) in [5.74, 6) is -0.152. The van der Waals surface area contributed by atoms with Gasteiger partial charge in [0.15, 0.2) is 5.75 Å². The van der Waals surface area contributed by atoms with Crippen LogP contribution in [0.15, 0.2) is 76.4 Å². The summed E-state index contributed by atoms with van der Waals surface area (Å²) in [6.07, 6.45) is 0.457. The van der Waals surface area contributed by atoms with Gasteiger partial charge < -0.3 is 14.0 Å². The molecule has 0 saturated carbocycles. The van der Waals surface area contributed by atoms with Crippen LogP contribution in [0.3, 0.4) is 0 Å². The van der Waals surface area contributed by atoms with Crippen LogP contribution in [0, 0.1) is 5.82 Å². The molecule has 0 aliphatic carbocycles. The van der Waals surface area contributed by atoms with Gasteiger partial charge in [0.1, 0.15) is 11.6 Å². The van der Waals surface area contributed by atoms with Gasteiger partial charge in [-0.15, -0.1) is 0 Å². The molecule has 1 saturated heterocycles. The van der Waals surface area contributed by atoms with Crippen molar-refractivity contribution < 1.29 is 23.5 Å². The lowest BCUT2D eigenvalue weighted by Crippen LogP contribution is -2.18. The number of hydrogen-bond donors (Lipinski definition) is 1. The Balaban J connectivity index is 1.29. The van der Waals surface area contributed by atoms with Crippen molar-refractivity contribution in [2.75, 3.05) is 13.2 Å². The molecule has 2 heterocycles. The first-order chi connectivity index (χ1) is 19.2. The summed E-state index contributed by atoms with van der Waals surface area (Å²) in [5, 5.41) is 2.72. The molecule has 40 heavy (non-hydrogen) atoms. The number of imide groups is 1. The zero-order valence-corrected chi connectivity index (χ0v) is 23.2. The number of aromatic nitrogens is 1. The smallest absolute Gasteiger partial charge is 0.290 e. The number of carbonyl (C=O) groups is 2. The van der Waals surface area contributed by atoms with Crippen LogP contribution in [0.2, 0.25) is 5.02 Å². The Labute approximate surface area is 238 Å². The molecule has 1 aromatic heterocycles. The highest BCUT2D eigenvalue weighted by molar-refractivity contribution is 8.18.